The third-order valence-electron chi connectivity index (χ3n) is 8.20. The number of thiophene rings is 1. The molecular formula is C35H55N5O6S. The van der Waals surface area contributed by atoms with Gasteiger partial charge in [-0.1, -0.05) is 73.1 Å². The first-order chi connectivity index (χ1) is 22.0. The number of hydrogen-bond donors (Lipinski definition) is 7. The Bertz CT molecular complexity index is 1280. The number of rotatable bonds is 19. The van der Waals surface area contributed by atoms with Crippen LogP contribution in [0.4, 0.5) is 5.69 Å². The number of carboxylic acids is 1. The molecule has 11 nitrogen and oxygen atoms in total. The largest absolute Gasteiger partial charge is 0.481 e. The molecule has 1 aromatic carbocycles. The number of anilines is 1. The van der Waals surface area contributed by atoms with Crippen LogP contribution in [-0.4, -0.2) is 70.7 Å². The van der Waals surface area contributed by atoms with Gasteiger partial charge in [0.2, 0.25) is 17.7 Å². The van der Waals surface area contributed by atoms with E-state index in [4.69, 9.17) is 10.8 Å². The van der Waals surface area contributed by atoms with Crippen LogP contribution in [0.1, 0.15) is 84.6 Å². The van der Waals surface area contributed by atoms with Crippen LogP contribution in [0, 0.1) is 11.8 Å². The second kappa shape index (κ2) is 18.8. The second-order valence-electron chi connectivity index (χ2n) is 13.8. The Morgan fingerprint density at radius 3 is 2.13 bits per heavy atom. The number of carbonyl (C=O) groups is 4. The van der Waals surface area contributed by atoms with Crippen LogP contribution in [0.25, 0.3) is 0 Å². The summed E-state index contributed by atoms with van der Waals surface area (Å²) in [4.78, 5) is 52.1. The summed E-state index contributed by atoms with van der Waals surface area (Å²) in [5.41, 5.74) is 7.98. The van der Waals surface area contributed by atoms with Crippen LogP contribution < -0.4 is 27.0 Å². The van der Waals surface area contributed by atoms with Crippen molar-refractivity contribution in [3.05, 3.63) is 52.2 Å². The normalized spacial score (nSPS) is 15.5. The quantitative estimate of drug-likeness (QED) is 0.118. The lowest BCUT2D eigenvalue weighted by Crippen LogP contribution is -2.59. The molecule has 0 radical (unpaired) electrons. The fourth-order valence-corrected chi connectivity index (χ4v) is 5.78. The first kappa shape index (κ1) is 39.7. The Morgan fingerprint density at radius 1 is 0.936 bits per heavy atom. The van der Waals surface area contributed by atoms with Crippen molar-refractivity contribution in [3.8, 4) is 0 Å². The average Bonchev–Trinajstić information content (AvgIpc) is 3.52. The van der Waals surface area contributed by atoms with Crippen molar-refractivity contribution >= 4 is 40.7 Å². The fourth-order valence-electron chi connectivity index (χ4n) is 5.03. The average molecular weight is 674 g/mol. The molecule has 0 bridgehead atoms. The van der Waals surface area contributed by atoms with Gasteiger partial charge in [-0.2, -0.15) is 0 Å². The van der Waals surface area contributed by atoms with E-state index in [-0.39, 0.29) is 43.1 Å². The van der Waals surface area contributed by atoms with Gasteiger partial charge >= 0.3 is 5.97 Å². The summed E-state index contributed by atoms with van der Waals surface area (Å²) in [5, 5.41) is 33.9. The molecule has 1 aromatic heterocycles. The standard InChI is InChI=1S/C35H55N5O6S/c1-8-22(4)31(40-32(44)26(36)15-16-30(42)43)34(46)39-28(19-25-10-9-17-47-25)33(45)38-27(18-21(2)3)29(41)20-37-24-13-11-23(12-14-24)35(5,6)7/h9-14,17,21-22,26-29,31,37,41H,8,15-16,18-20,36H2,1-7H3,(H,38,45)(H,39,46)(H,40,44)(H,42,43)/t22-,26-,27-,28-,29+,31-/m0/s1. The van der Waals surface area contributed by atoms with E-state index in [9.17, 15) is 24.3 Å². The summed E-state index contributed by atoms with van der Waals surface area (Å²) in [7, 11) is 0. The van der Waals surface area contributed by atoms with E-state index in [0.29, 0.717) is 12.8 Å². The molecule has 6 atom stereocenters. The smallest absolute Gasteiger partial charge is 0.303 e. The van der Waals surface area contributed by atoms with Crippen molar-refractivity contribution in [2.45, 2.75) is 116 Å². The highest BCUT2D eigenvalue weighted by Gasteiger charge is 2.33. The van der Waals surface area contributed by atoms with Crippen molar-refractivity contribution in [2.24, 2.45) is 17.6 Å². The van der Waals surface area contributed by atoms with Crippen molar-refractivity contribution in [2.75, 3.05) is 11.9 Å². The van der Waals surface area contributed by atoms with Crippen molar-refractivity contribution in [1.82, 2.24) is 16.0 Å². The molecule has 8 N–H and O–H groups in total. The van der Waals surface area contributed by atoms with Crippen LogP contribution in [0.2, 0.25) is 0 Å². The van der Waals surface area contributed by atoms with Gasteiger partial charge < -0.3 is 37.2 Å². The number of nitrogens with one attached hydrogen (secondary N) is 4. The molecule has 0 saturated carbocycles. The molecule has 0 aliphatic heterocycles. The van der Waals surface area contributed by atoms with Gasteiger partial charge in [0.1, 0.15) is 12.1 Å². The third-order valence-corrected chi connectivity index (χ3v) is 9.10. The van der Waals surface area contributed by atoms with E-state index in [1.807, 2.05) is 50.4 Å². The SMILES string of the molecule is CC[C@H](C)[C@H](NC(=O)[C@@H](N)CCC(=O)O)C(=O)N[C@@H](Cc1cccs1)C(=O)N[C@@H](CC(C)C)[C@H](O)CNc1ccc(C(C)(C)C)cc1. The maximum absolute atomic E-state index is 13.8. The summed E-state index contributed by atoms with van der Waals surface area (Å²) in [5.74, 6) is -2.82. The molecule has 0 spiro atoms. The van der Waals surface area contributed by atoms with E-state index < -0.39 is 54.0 Å². The Balaban J connectivity index is 2.20. The fraction of sp³-hybridized carbons (Fsp3) is 0.600. The number of carbonyl (C=O) groups excluding carboxylic acids is 3. The predicted octanol–water partition coefficient (Wildman–Crippen LogP) is 3.80. The number of aliphatic hydroxyl groups excluding tert-OH is 1. The zero-order valence-corrected chi connectivity index (χ0v) is 29.7. The highest BCUT2D eigenvalue weighted by atomic mass is 32.1. The van der Waals surface area contributed by atoms with Gasteiger partial charge in [0.25, 0.3) is 0 Å². The van der Waals surface area contributed by atoms with E-state index in [2.05, 4.69) is 54.2 Å². The van der Waals surface area contributed by atoms with E-state index >= 15 is 0 Å². The minimum atomic E-state index is -1.10. The molecule has 0 aliphatic carbocycles. The number of hydrogen-bond acceptors (Lipinski definition) is 8. The lowest BCUT2D eigenvalue weighted by Gasteiger charge is -2.30. The van der Waals surface area contributed by atoms with Gasteiger partial charge in [-0.25, -0.2) is 0 Å². The van der Waals surface area contributed by atoms with E-state index in [1.165, 1.54) is 16.9 Å². The molecule has 262 valence electrons. The molecule has 3 amide bonds. The monoisotopic (exact) mass is 673 g/mol. The van der Waals surface area contributed by atoms with Crippen LogP contribution in [-0.2, 0) is 31.0 Å². The first-order valence-electron chi connectivity index (χ1n) is 16.4. The molecule has 12 heteroatoms. The third kappa shape index (κ3) is 13.6. The molecular weight excluding hydrogens is 618 g/mol. The molecule has 0 aliphatic rings. The van der Waals surface area contributed by atoms with Gasteiger partial charge in [0, 0.05) is 30.0 Å². The van der Waals surface area contributed by atoms with Crippen LogP contribution in [0.5, 0.6) is 0 Å². The topological polar surface area (TPSA) is 183 Å². The number of carboxylic acid groups (broad SMARTS) is 1. The van der Waals surface area contributed by atoms with Crippen LogP contribution in [0.3, 0.4) is 0 Å². The summed E-state index contributed by atoms with van der Waals surface area (Å²) < 4.78 is 0. The molecule has 2 rings (SSSR count). The molecule has 1 heterocycles. The summed E-state index contributed by atoms with van der Waals surface area (Å²) >= 11 is 1.46. The number of benzene rings is 1. The van der Waals surface area contributed by atoms with Gasteiger partial charge in [0.05, 0.1) is 18.2 Å². The highest BCUT2D eigenvalue weighted by molar-refractivity contribution is 7.09. The highest BCUT2D eigenvalue weighted by Crippen LogP contribution is 2.23. The minimum Gasteiger partial charge on any atom is -0.481 e. The maximum Gasteiger partial charge on any atom is 0.303 e. The van der Waals surface area contributed by atoms with E-state index in [1.54, 1.807) is 6.92 Å². The lowest BCUT2D eigenvalue weighted by atomic mass is 9.87. The van der Waals surface area contributed by atoms with Gasteiger partial charge in [-0.3, -0.25) is 19.2 Å². The van der Waals surface area contributed by atoms with Crippen LogP contribution in [0.15, 0.2) is 41.8 Å². The second-order valence-corrected chi connectivity index (χ2v) is 14.8. The Labute approximate surface area is 283 Å². The van der Waals surface area contributed by atoms with Crippen molar-refractivity contribution in [1.29, 1.82) is 0 Å². The number of aliphatic hydroxyl groups is 1. The number of amides is 3. The Morgan fingerprint density at radius 2 is 1.60 bits per heavy atom. The number of aliphatic carboxylic acids is 1. The Hall–Kier alpha value is -3.48. The first-order valence-corrected chi connectivity index (χ1v) is 17.3. The van der Waals surface area contributed by atoms with Crippen molar-refractivity contribution < 1.29 is 29.4 Å². The maximum atomic E-state index is 13.8. The molecule has 0 saturated heterocycles. The molecule has 47 heavy (non-hydrogen) atoms. The van der Waals surface area contributed by atoms with Crippen molar-refractivity contribution in [3.63, 3.8) is 0 Å². The van der Waals surface area contributed by atoms with E-state index in [0.717, 1.165) is 10.6 Å². The zero-order chi connectivity index (χ0) is 35.3. The predicted molar refractivity (Wildman–Crippen MR) is 187 cm³/mol. The Kier molecular flexibility index (Phi) is 15.8. The number of nitrogens with two attached hydrogens (primary N) is 1. The lowest BCUT2D eigenvalue weighted by molar-refractivity contribution is -0.137. The minimum absolute atomic E-state index is 0.0226. The summed E-state index contributed by atoms with van der Waals surface area (Å²) in [6, 6.07) is 8.13. The zero-order valence-electron chi connectivity index (χ0n) is 28.8. The summed E-state index contributed by atoms with van der Waals surface area (Å²) in [6.45, 7) is 14.3. The van der Waals surface area contributed by atoms with Crippen LogP contribution >= 0.6 is 11.3 Å². The van der Waals surface area contributed by atoms with Gasteiger partial charge in [-0.15, -0.1) is 11.3 Å². The molecule has 0 unspecified atom stereocenters. The van der Waals surface area contributed by atoms with Gasteiger partial charge in [0.15, 0.2) is 0 Å². The molecule has 2 aromatic rings. The van der Waals surface area contributed by atoms with Gasteiger partial charge in [-0.05, 0) is 59.2 Å². The molecule has 0 fully saturated rings. The summed E-state index contributed by atoms with van der Waals surface area (Å²) in [6.07, 6.45) is 0.0188.